The van der Waals surface area contributed by atoms with Crippen LogP contribution in [0.25, 0.3) is 10.2 Å². The van der Waals surface area contributed by atoms with E-state index in [0.29, 0.717) is 6.61 Å². The lowest BCUT2D eigenvalue weighted by atomic mass is 10.3. The highest BCUT2D eigenvalue weighted by molar-refractivity contribution is 7.22. The van der Waals surface area contributed by atoms with Gasteiger partial charge in [-0.25, -0.2) is 4.98 Å². The molecule has 9 heteroatoms. The van der Waals surface area contributed by atoms with Crippen LogP contribution < -0.4 is 15.4 Å². The maximum atomic E-state index is 12.3. The molecule has 0 unspecified atom stereocenters. The average molecular weight is 502 g/mol. The number of rotatable bonds is 9. The number of morpholine rings is 1. The summed E-state index contributed by atoms with van der Waals surface area (Å²) < 4.78 is 12.1. The summed E-state index contributed by atoms with van der Waals surface area (Å²) in [6.07, 6.45) is 5.23. The van der Waals surface area contributed by atoms with Crippen molar-refractivity contribution in [3.63, 3.8) is 0 Å². The van der Waals surface area contributed by atoms with Crippen LogP contribution in [0.1, 0.15) is 5.69 Å². The van der Waals surface area contributed by atoms with Gasteiger partial charge in [0.25, 0.3) is 0 Å². The molecule has 0 saturated carbocycles. The fourth-order valence-electron chi connectivity index (χ4n) is 3.73. The molecule has 0 radical (unpaired) electrons. The zero-order valence-electron chi connectivity index (χ0n) is 19.7. The molecule has 1 aliphatic rings. The first kappa shape index (κ1) is 23.9. The van der Waals surface area contributed by atoms with Gasteiger partial charge in [-0.2, -0.15) is 0 Å². The molecule has 0 atom stereocenters. The molecule has 1 amide bonds. The van der Waals surface area contributed by atoms with Crippen molar-refractivity contribution in [2.24, 2.45) is 0 Å². The Morgan fingerprint density at radius 2 is 1.92 bits per heavy atom. The van der Waals surface area contributed by atoms with Crippen LogP contribution in [0.5, 0.6) is 5.75 Å². The Labute approximate surface area is 213 Å². The molecule has 184 valence electrons. The van der Waals surface area contributed by atoms with Gasteiger partial charge in [-0.05, 0) is 54.6 Å². The van der Waals surface area contributed by atoms with Crippen molar-refractivity contribution < 1.29 is 14.3 Å². The SMILES string of the molecule is O=C(/C=C/CN1CCOCC1)Nc1ccc2nc(Nc3ccc(OCc4ccccn4)cc3)sc2c1. The Morgan fingerprint density at radius 3 is 2.72 bits per heavy atom. The Bertz CT molecular complexity index is 1320. The number of amides is 1. The maximum Gasteiger partial charge on any atom is 0.248 e. The van der Waals surface area contributed by atoms with E-state index in [1.54, 1.807) is 12.3 Å². The highest BCUT2D eigenvalue weighted by Crippen LogP contribution is 2.31. The molecule has 0 spiro atoms. The van der Waals surface area contributed by atoms with E-state index >= 15 is 0 Å². The van der Waals surface area contributed by atoms with Crippen LogP contribution in [-0.2, 0) is 16.1 Å². The van der Waals surface area contributed by atoms with Gasteiger partial charge in [0.1, 0.15) is 12.4 Å². The van der Waals surface area contributed by atoms with Crippen molar-refractivity contribution in [2.75, 3.05) is 43.5 Å². The predicted octanol–water partition coefficient (Wildman–Crippen LogP) is 4.84. The molecule has 36 heavy (non-hydrogen) atoms. The molecular weight excluding hydrogens is 474 g/mol. The fourth-order valence-corrected chi connectivity index (χ4v) is 4.66. The Morgan fingerprint density at radius 1 is 1.08 bits per heavy atom. The highest BCUT2D eigenvalue weighted by Gasteiger charge is 2.09. The van der Waals surface area contributed by atoms with Crippen LogP contribution in [0.15, 0.2) is 79.0 Å². The van der Waals surface area contributed by atoms with Crippen LogP contribution in [0.2, 0.25) is 0 Å². The van der Waals surface area contributed by atoms with Gasteiger partial charge in [-0.1, -0.05) is 23.5 Å². The zero-order chi connectivity index (χ0) is 24.6. The molecular formula is C27H27N5O3S. The standard InChI is InChI=1S/C27H27N5O3S/c33-26(5-3-13-32-14-16-34-17-15-32)29-21-8-11-24-25(18-21)36-27(31-24)30-20-6-9-23(10-7-20)35-19-22-4-1-2-12-28-22/h1-12,18H,13-17,19H2,(H,29,33)(H,30,31)/b5-3+. The minimum atomic E-state index is -0.143. The lowest BCUT2D eigenvalue weighted by Crippen LogP contribution is -2.36. The van der Waals surface area contributed by atoms with Crippen molar-refractivity contribution in [2.45, 2.75) is 6.61 Å². The lowest BCUT2D eigenvalue weighted by Gasteiger charge is -2.24. The van der Waals surface area contributed by atoms with Crippen molar-refractivity contribution in [3.05, 3.63) is 84.7 Å². The van der Waals surface area contributed by atoms with Crippen LogP contribution in [0, 0.1) is 0 Å². The summed E-state index contributed by atoms with van der Waals surface area (Å²) in [6.45, 7) is 4.46. The summed E-state index contributed by atoms with van der Waals surface area (Å²) in [5.41, 5.74) is 3.42. The Balaban J connectivity index is 1.14. The van der Waals surface area contributed by atoms with Gasteiger partial charge in [0, 0.05) is 43.3 Å². The quantitative estimate of drug-likeness (QED) is 0.317. The second-order valence-corrected chi connectivity index (χ2v) is 9.30. The van der Waals surface area contributed by atoms with Gasteiger partial charge in [0.2, 0.25) is 5.91 Å². The number of nitrogens with one attached hydrogen (secondary N) is 2. The van der Waals surface area contributed by atoms with Crippen molar-refractivity contribution in [1.82, 2.24) is 14.9 Å². The van der Waals surface area contributed by atoms with E-state index in [1.807, 2.05) is 66.7 Å². The molecule has 5 rings (SSSR count). The Hall–Kier alpha value is -3.79. The molecule has 1 aliphatic heterocycles. The van der Waals surface area contributed by atoms with Crippen LogP contribution in [0.3, 0.4) is 0 Å². The molecule has 0 aliphatic carbocycles. The molecule has 2 aromatic carbocycles. The van der Waals surface area contributed by atoms with Crippen molar-refractivity contribution >= 4 is 44.0 Å². The average Bonchev–Trinajstić information content (AvgIpc) is 3.31. The molecule has 2 N–H and O–H groups in total. The number of ether oxygens (including phenoxy) is 2. The minimum Gasteiger partial charge on any atom is -0.487 e. The number of benzene rings is 2. The van der Waals surface area contributed by atoms with Gasteiger partial charge < -0.3 is 20.1 Å². The second kappa shape index (κ2) is 11.8. The topological polar surface area (TPSA) is 88.6 Å². The molecule has 3 heterocycles. The summed E-state index contributed by atoms with van der Waals surface area (Å²) in [7, 11) is 0. The summed E-state index contributed by atoms with van der Waals surface area (Å²) >= 11 is 1.53. The molecule has 1 saturated heterocycles. The van der Waals surface area contributed by atoms with E-state index < -0.39 is 0 Å². The number of pyridine rings is 1. The van der Waals surface area contributed by atoms with E-state index in [2.05, 4.69) is 25.5 Å². The third kappa shape index (κ3) is 6.66. The molecule has 4 aromatic rings. The number of hydrogen-bond acceptors (Lipinski definition) is 8. The Kier molecular flexibility index (Phi) is 7.82. The van der Waals surface area contributed by atoms with Crippen LogP contribution in [-0.4, -0.2) is 53.6 Å². The van der Waals surface area contributed by atoms with E-state index in [-0.39, 0.29) is 5.91 Å². The lowest BCUT2D eigenvalue weighted by molar-refractivity contribution is -0.111. The number of carbonyl (C=O) groups is 1. The zero-order valence-corrected chi connectivity index (χ0v) is 20.5. The number of aromatic nitrogens is 2. The summed E-state index contributed by atoms with van der Waals surface area (Å²) in [5, 5.41) is 7.05. The molecule has 2 aromatic heterocycles. The summed E-state index contributed by atoms with van der Waals surface area (Å²) in [5.74, 6) is 0.630. The molecule has 1 fully saturated rings. The first-order valence-corrected chi connectivity index (χ1v) is 12.6. The number of thiazole rings is 1. The van der Waals surface area contributed by atoms with Crippen LogP contribution in [0.4, 0.5) is 16.5 Å². The van der Waals surface area contributed by atoms with Gasteiger partial charge >= 0.3 is 0 Å². The second-order valence-electron chi connectivity index (χ2n) is 8.27. The largest absolute Gasteiger partial charge is 0.487 e. The van der Waals surface area contributed by atoms with E-state index in [9.17, 15) is 4.79 Å². The summed E-state index contributed by atoms with van der Waals surface area (Å²) in [4.78, 5) is 23.5. The number of fused-ring (bicyclic) bond motifs is 1. The number of hydrogen-bond donors (Lipinski definition) is 2. The van der Waals surface area contributed by atoms with E-state index in [0.717, 1.165) is 71.0 Å². The maximum absolute atomic E-state index is 12.3. The normalized spacial score (nSPS) is 14.2. The number of anilines is 3. The van der Waals surface area contributed by atoms with Gasteiger partial charge in [-0.15, -0.1) is 0 Å². The number of nitrogens with zero attached hydrogens (tertiary/aromatic N) is 3. The van der Waals surface area contributed by atoms with Gasteiger partial charge in [0.05, 0.1) is 29.1 Å². The predicted molar refractivity (Wildman–Crippen MR) is 143 cm³/mol. The third-order valence-electron chi connectivity index (χ3n) is 5.61. The monoisotopic (exact) mass is 501 g/mol. The van der Waals surface area contributed by atoms with Crippen LogP contribution >= 0.6 is 11.3 Å². The van der Waals surface area contributed by atoms with E-state index in [1.165, 1.54) is 11.3 Å². The van der Waals surface area contributed by atoms with Crippen molar-refractivity contribution in [3.8, 4) is 5.75 Å². The first-order chi connectivity index (χ1) is 17.7. The number of carbonyl (C=O) groups excluding carboxylic acids is 1. The van der Waals surface area contributed by atoms with Gasteiger partial charge in [0.15, 0.2) is 5.13 Å². The molecule has 0 bridgehead atoms. The van der Waals surface area contributed by atoms with Gasteiger partial charge in [-0.3, -0.25) is 14.7 Å². The summed E-state index contributed by atoms with van der Waals surface area (Å²) in [6, 6.07) is 19.2. The third-order valence-corrected chi connectivity index (χ3v) is 6.54. The highest BCUT2D eigenvalue weighted by atomic mass is 32.1. The minimum absolute atomic E-state index is 0.143. The fraction of sp³-hybridized carbons (Fsp3) is 0.222. The van der Waals surface area contributed by atoms with E-state index in [4.69, 9.17) is 9.47 Å². The van der Waals surface area contributed by atoms with Crippen molar-refractivity contribution in [1.29, 1.82) is 0 Å². The first-order valence-electron chi connectivity index (χ1n) is 11.8. The molecule has 8 nitrogen and oxygen atoms in total. The smallest absolute Gasteiger partial charge is 0.248 e.